The summed E-state index contributed by atoms with van der Waals surface area (Å²) in [5, 5.41) is 0.721. The topological polar surface area (TPSA) is 56.3 Å². The van der Waals surface area contributed by atoms with Crippen LogP contribution in [0.25, 0.3) is 22.2 Å². The van der Waals surface area contributed by atoms with Crippen LogP contribution >= 0.6 is 15.9 Å². The summed E-state index contributed by atoms with van der Waals surface area (Å²) in [5.74, 6) is -0.783. The largest absolute Gasteiger partial charge is 0.454 e. The number of Topliss-reactive ketones (excluding diaryl/α,β-unsaturated/α-hetero) is 1. The molecule has 0 fully saturated rings. The summed E-state index contributed by atoms with van der Waals surface area (Å²) < 4.78 is 6.34. The van der Waals surface area contributed by atoms with Gasteiger partial charge in [0.05, 0.1) is 16.8 Å². The molecule has 0 amide bonds. The Morgan fingerprint density at radius 1 is 0.935 bits per heavy atom. The fourth-order valence-electron chi connectivity index (χ4n) is 3.53. The van der Waals surface area contributed by atoms with Crippen molar-refractivity contribution in [3.8, 4) is 11.3 Å². The number of carbonyl (C=O) groups excluding carboxylic acids is 2. The van der Waals surface area contributed by atoms with Gasteiger partial charge in [0.2, 0.25) is 0 Å². The SMILES string of the molecule is Cc1ccc2nc(-c3ccccc3)c(C)c(C(=O)OCC(=O)c3ccc(Br)cc3)c2c1. The summed E-state index contributed by atoms with van der Waals surface area (Å²) >= 11 is 3.35. The van der Waals surface area contributed by atoms with E-state index < -0.39 is 5.97 Å². The quantitative estimate of drug-likeness (QED) is 0.251. The maximum absolute atomic E-state index is 13.2. The molecule has 0 unspecified atom stereocenters. The van der Waals surface area contributed by atoms with E-state index in [2.05, 4.69) is 15.9 Å². The number of ether oxygens (including phenoxy) is 1. The van der Waals surface area contributed by atoms with Gasteiger partial charge in [-0.3, -0.25) is 4.79 Å². The van der Waals surface area contributed by atoms with Gasteiger partial charge in [0.1, 0.15) is 0 Å². The second kappa shape index (κ2) is 8.82. The zero-order valence-corrected chi connectivity index (χ0v) is 18.8. The van der Waals surface area contributed by atoms with E-state index in [1.807, 2.05) is 62.4 Å². The molecule has 154 valence electrons. The van der Waals surface area contributed by atoms with E-state index in [0.29, 0.717) is 16.6 Å². The molecule has 0 aliphatic rings. The Bertz CT molecular complexity index is 1280. The maximum atomic E-state index is 13.2. The van der Waals surface area contributed by atoms with Crippen LogP contribution in [0.4, 0.5) is 0 Å². The highest BCUT2D eigenvalue weighted by atomic mass is 79.9. The molecule has 31 heavy (non-hydrogen) atoms. The van der Waals surface area contributed by atoms with Gasteiger partial charge in [-0.25, -0.2) is 9.78 Å². The number of ketones is 1. The van der Waals surface area contributed by atoms with Crippen LogP contribution in [-0.2, 0) is 4.74 Å². The lowest BCUT2D eigenvalue weighted by atomic mass is 9.97. The van der Waals surface area contributed by atoms with Crippen LogP contribution < -0.4 is 0 Å². The number of hydrogen-bond donors (Lipinski definition) is 0. The highest BCUT2D eigenvalue weighted by Crippen LogP contribution is 2.30. The summed E-state index contributed by atoms with van der Waals surface area (Å²) in [5.41, 5.74) is 5.03. The van der Waals surface area contributed by atoms with Gasteiger partial charge in [0.25, 0.3) is 0 Å². The third-order valence-electron chi connectivity index (χ3n) is 5.14. The highest BCUT2D eigenvalue weighted by Gasteiger charge is 2.21. The van der Waals surface area contributed by atoms with Crippen molar-refractivity contribution in [3.63, 3.8) is 0 Å². The van der Waals surface area contributed by atoms with Crippen molar-refractivity contribution in [1.29, 1.82) is 0 Å². The average molecular weight is 474 g/mol. The van der Waals surface area contributed by atoms with E-state index in [0.717, 1.165) is 32.2 Å². The van der Waals surface area contributed by atoms with E-state index in [9.17, 15) is 9.59 Å². The molecule has 4 rings (SSSR count). The number of fused-ring (bicyclic) bond motifs is 1. The molecular formula is C26H20BrNO3. The summed E-state index contributed by atoms with van der Waals surface area (Å²) in [6, 6.07) is 22.5. The second-order valence-corrected chi connectivity index (χ2v) is 8.27. The van der Waals surface area contributed by atoms with Crippen molar-refractivity contribution >= 4 is 38.6 Å². The number of benzene rings is 3. The van der Waals surface area contributed by atoms with Gasteiger partial charge in [0.15, 0.2) is 12.4 Å². The van der Waals surface area contributed by atoms with Gasteiger partial charge in [-0.1, -0.05) is 70.0 Å². The van der Waals surface area contributed by atoms with Gasteiger partial charge < -0.3 is 4.74 Å². The van der Waals surface area contributed by atoms with E-state index in [4.69, 9.17) is 9.72 Å². The predicted octanol–water partition coefficient (Wildman–Crippen LogP) is 6.32. The molecule has 0 N–H and O–H groups in total. The van der Waals surface area contributed by atoms with Gasteiger partial charge >= 0.3 is 5.97 Å². The van der Waals surface area contributed by atoms with Gasteiger partial charge in [-0.05, 0) is 43.7 Å². The fraction of sp³-hybridized carbons (Fsp3) is 0.115. The second-order valence-electron chi connectivity index (χ2n) is 7.35. The minimum atomic E-state index is -0.529. The first-order valence-electron chi connectivity index (χ1n) is 9.86. The Morgan fingerprint density at radius 2 is 1.65 bits per heavy atom. The van der Waals surface area contributed by atoms with E-state index in [-0.39, 0.29) is 12.4 Å². The third-order valence-corrected chi connectivity index (χ3v) is 5.66. The number of nitrogens with zero attached hydrogens (tertiary/aromatic N) is 1. The molecule has 3 aromatic carbocycles. The summed E-state index contributed by atoms with van der Waals surface area (Å²) in [6.07, 6.45) is 0. The third kappa shape index (κ3) is 4.42. The lowest BCUT2D eigenvalue weighted by Gasteiger charge is -2.14. The molecule has 0 atom stereocenters. The zero-order chi connectivity index (χ0) is 22.0. The first kappa shape index (κ1) is 20.9. The standard InChI is InChI=1S/C26H20BrNO3/c1-16-8-13-22-21(14-16)24(17(2)25(28-22)19-6-4-3-5-7-19)26(30)31-15-23(29)18-9-11-20(27)12-10-18/h3-14H,15H2,1-2H3. The molecule has 0 bridgehead atoms. The van der Waals surface area contributed by atoms with Crippen molar-refractivity contribution in [2.45, 2.75) is 13.8 Å². The van der Waals surface area contributed by atoms with Crippen molar-refractivity contribution in [2.24, 2.45) is 0 Å². The van der Waals surface area contributed by atoms with Gasteiger partial charge in [0, 0.05) is 21.0 Å². The molecule has 0 radical (unpaired) electrons. The van der Waals surface area contributed by atoms with E-state index in [1.165, 1.54) is 0 Å². The summed E-state index contributed by atoms with van der Waals surface area (Å²) in [7, 11) is 0. The lowest BCUT2D eigenvalue weighted by molar-refractivity contribution is 0.0476. The Labute approximate surface area is 189 Å². The van der Waals surface area contributed by atoms with Gasteiger partial charge in [-0.2, -0.15) is 0 Å². The van der Waals surface area contributed by atoms with Crippen LogP contribution in [0.5, 0.6) is 0 Å². The Kier molecular flexibility index (Phi) is 5.96. The average Bonchev–Trinajstić information content (AvgIpc) is 2.78. The Balaban J connectivity index is 1.72. The van der Waals surface area contributed by atoms with Crippen molar-refractivity contribution in [3.05, 3.63) is 99.5 Å². The Morgan fingerprint density at radius 3 is 2.35 bits per heavy atom. The predicted molar refractivity (Wildman–Crippen MR) is 125 cm³/mol. The van der Waals surface area contributed by atoms with Gasteiger partial charge in [-0.15, -0.1) is 0 Å². The number of hydrogen-bond acceptors (Lipinski definition) is 4. The minimum Gasteiger partial charge on any atom is -0.454 e. The molecule has 0 aliphatic carbocycles. The van der Waals surface area contributed by atoms with Crippen LogP contribution in [0.1, 0.15) is 31.8 Å². The molecular weight excluding hydrogens is 454 g/mol. The number of esters is 1. The summed E-state index contributed by atoms with van der Waals surface area (Å²) in [6.45, 7) is 3.51. The van der Waals surface area contributed by atoms with Crippen LogP contribution in [0.3, 0.4) is 0 Å². The van der Waals surface area contributed by atoms with Crippen molar-refractivity contribution in [1.82, 2.24) is 4.98 Å². The lowest BCUT2D eigenvalue weighted by Crippen LogP contribution is -2.16. The van der Waals surface area contributed by atoms with E-state index in [1.54, 1.807) is 24.3 Å². The number of aryl methyl sites for hydroxylation is 1. The monoisotopic (exact) mass is 473 g/mol. The molecule has 0 saturated carbocycles. The zero-order valence-electron chi connectivity index (χ0n) is 17.2. The summed E-state index contributed by atoms with van der Waals surface area (Å²) in [4.78, 5) is 30.4. The van der Waals surface area contributed by atoms with Crippen LogP contribution in [-0.4, -0.2) is 23.3 Å². The molecule has 0 saturated heterocycles. The maximum Gasteiger partial charge on any atom is 0.339 e. The fourth-order valence-corrected chi connectivity index (χ4v) is 3.80. The molecule has 0 aliphatic heterocycles. The highest BCUT2D eigenvalue weighted by molar-refractivity contribution is 9.10. The van der Waals surface area contributed by atoms with Crippen LogP contribution in [0.15, 0.2) is 77.3 Å². The minimum absolute atomic E-state index is 0.253. The number of carbonyl (C=O) groups is 2. The van der Waals surface area contributed by atoms with Crippen molar-refractivity contribution in [2.75, 3.05) is 6.61 Å². The normalized spacial score (nSPS) is 10.8. The Hall–Kier alpha value is -3.31. The number of aromatic nitrogens is 1. The molecule has 0 spiro atoms. The molecule has 4 aromatic rings. The number of pyridine rings is 1. The molecule has 1 aromatic heterocycles. The van der Waals surface area contributed by atoms with Crippen molar-refractivity contribution < 1.29 is 14.3 Å². The first-order chi connectivity index (χ1) is 14.9. The molecule has 1 heterocycles. The number of rotatable bonds is 5. The first-order valence-corrected chi connectivity index (χ1v) is 10.7. The van der Waals surface area contributed by atoms with Crippen LogP contribution in [0.2, 0.25) is 0 Å². The molecule has 4 nitrogen and oxygen atoms in total. The molecule has 5 heteroatoms. The number of halogens is 1. The van der Waals surface area contributed by atoms with Crippen LogP contribution in [0, 0.1) is 13.8 Å². The smallest absolute Gasteiger partial charge is 0.339 e. The van der Waals surface area contributed by atoms with E-state index >= 15 is 0 Å².